The summed E-state index contributed by atoms with van der Waals surface area (Å²) in [5.74, 6) is -2.34. The first-order chi connectivity index (χ1) is 21.0. The highest BCUT2D eigenvalue weighted by atomic mass is 16.5. The summed E-state index contributed by atoms with van der Waals surface area (Å²) in [5.41, 5.74) is 4.75. The van der Waals surface area contributed by atoms with Gasteiger partial charge in [-0.05, 0) is 76.9 Å². The van der Waals surface area contributed by atoms with Gasteiger partial charge in [0.2, 0.25) is 0 Å². The summed E-state index contributed by atoms with van der Waals surface area (Å²) in [6.07, 6.45) is 0. The Balaban J connectivity index is 0.000000331. The third kappa shape index (κ3) is 11.0. The van der Waals surface area contributed by atoms with Crippen molar-refractivity contribution in [2.75, 3.05) is 34.0 Å². The Kier molecular flexibility index (Phi) is 16.2. The number of hydrogen-bond acceptors (Lipinski definition) is 10. The van der Waals surface area contributed by atoms with Gasteiger partial charge in [0.25, 0.3) is 0 Å². The number of rotatable bonds is 8. The third-order valence-corrected chi connectivity index (χ3v) is 5.81. The Hall–Kier alpha value is -4.99. The second kappa shape index (κ2) is 19.2. The highest BCUT2D eigenvalue weighted by Crippen LogP contribution is 2.17. The number of aryl methyl sites for hydroxylation is 3. The highest BCUT2D eigenvalue weighted by Gasteiger charge is 2.18. The van der Waals surface area contributed by atoms with Crippen LogP contribution in [0, 0.1) is 20.8 Å². The molecule has 0 fully saturated rings. The minimum Gasteiger partial charge on any atom is -0.465 e. The lowest BCUT2D eigenvalue weighted by atomic mass is 10.00. The number of carbonyl (C=O) groups is 5. The van der Waals surface area contributed by atoms with E-state index in [9.17, 15) is 24.0 Å². The number of ether oxygens (including phenoxy) is 5. The summed E-state index contributed by atoms with van der Waals surface area (Å²) in [5, 5.41) is 0. The van der Waals surface area contributed by atoms with Crippen LogP contribution in [-0.4, -0.2) is 63.9 Å². The molecule has 3 aromatic carbocycles. The number of hydrogen-bond donors (Lipinski definition) is 0. The van der Waals surface area contributed by atoms with E-state index in [1.807, 2.05) is 39.8 Å². The summed E-state index contributed by atoms with van der Waals surface area (Å²) in [4.78, 5) is 57.1. The molecule has 3 aromatic rings. The van der Waals surface area contributed by atoms with Crippen LogP contribution in [0.3, 0.4) is 0 Å². The summed E-state index contributed by atoms with van der Waals surface area (Å²) in [6, 6.07) is 16.8. The Morgan fingerprint density at radius 1 is 0.500 bits per heavy atom. The van der Waals surface area contributed by atoms with Crippen molar-refractivity contribution >= 4 is 29.8 Å². The number of carbonyl (C=O) groups excluding carboxylic acids is 5. The highest BCUT2D eigenvalue weighted by molar-refractivity contribution is 6.03. The molecule has 0 amide bonds. The van der Waals surface area contributed by atoms with Gasteiger partial charge in [-0.15, -0.1) is 0 Å². The van der Waals surface area contributed by atoms with Crippen molar-refractivity contribution in [2.45, 2.75) is 41.5 Å². The molecule has 0 N–H and O–H groups in total. The van der Waals surface area contributed by atoms with E-state index >= 15 is 0 Å². The average Bonchev–Trinajstić information content (AvgIpc) is 3.00. The van der Waals surface area contributed by atoms with Gasteiger partial charge in [-0.1, -0.05) is 42.0 Å². The zero-order chi connectivity index (χ0) is 33.2. The lowest BCUT2D eigenvalue weighted by molar-refractivity contribution is 0.0479. The molecule has 0 bridgehead atoms. The van der Waals surface area contributed by atoms with Crippen LogP contribution in [0.2, 0.25) is 0 Å². The van der Waals surface area contributed by atoms with E-state index in [1.165, 1.54) is 31.9 Å². The molecule has 44 heavy (non-hydrogen) atoms. The predicted octanol–water partition coefficient (Wildman–Crippen LogP) is 6.09. The van der Waals surface area contributed by atoms with E-state index < -0.39 is 23.9 Å². The van der Waals surface area contributed by atoms with Crippen molar-refractivity contribution in [1.82, 2.24) is 0 Å². The summed E-state index contributed by atoms with van der Waals surface area (Å²) in [6.45, 7) is 12.1. The van der Waals surface area contributed by atoms with E-state index in [4.69, 9.17) is 14.2 Å². The first kappa shape index (κ1) is 37.0. The monoisotopic (exact) mass is 608 g/mol. The van der Waals surface area contributed by atoms with E-state index in [0.29, 0.717) is 12.2 Å². The van der Waals surface area contributed by atoms with Gasteiger partial charge < -0.3 is 23.7 Å². The van der Waals surface area contributed by atoms with Crippen LogP contribution < -0.4 is 0 Å². The van der Waals surface area contributed by atoms with Gasteiger partial charge in [-0.3, -0.25) is 0 Å². The molecular formula is C34H40O10. The fourth-order valence-electron chi connectivity index (χ4n) is 4.02. The Bertz CT molecular complexity index is 1350. The molecule has 236 valence electrons. The van der Waals surface area contributed by atoms with E-state index in [2.05, 4.69) is 9.47 Å². The van der Waals surface area contributed by atoms with Gasteiger partial charge in [0.15, 0.2) is 0 Å². The molecule has 0 radical (unpaired) electrons. The van der Waals surface area contributed by atoms with Crippen LogP contribution in [0.4, 0.5) is 0 Å². The van der Waals surface area contributed by atoms with Crippen LogP contribution in [0.25, 0.3) is 0 Å². The predicted molar refractivity (Wildman–Crippen MR) is 164 cm³/mol. The van der Waals surface area contributed by atoms with E-state index in [0.717, 1.165) is 11.1 Å². The molecular weight excluding hydrogens is 568 g/mol. The Labute approximate surface area is 258 Å². The molecule has 3 rings (SSSR count). The smallest absolute Gasteiger partial charge is 0.338 e. The summed E-state index contributed by atoms with van der Waals surface area (Å²) in [7, 11) is 2.52. The molecule has 0 aliphatic rings. The quantitative estimate of drug-likeness (QED) is 0.219. The second-order valence-electron chi connectivity index (χ2n) is 9.01. The van der Waals surface area contributed by atoms with Gasteiger partial charge >= 0.3 is 29.8 Å². The molecule has 0 aliphatic heterocycles. The van der Waals surface area contributed by atoms with Gasteiger partial charge in [0.05, 0.1) is 61.9 Å². The van der Waals surface area contributed by atoms with Crippen LogP contribution in [-0.2, 0) is 23.7 Å². The molecule has 10 heteroatoms. The topological polar surface area (TPSA) is 132 Å². The molecule has 10 nitrogen and oxygen atoms in total. The standard InChI is InChI=1S/C12H14O4.C12H16O2.C10H10O4/c1-3-15-11(13)9-7-5-6-8-10(9)12(14)16-4-2;1-5-14-12(13)11-9(3)6-8(2)7-10(11)4;1-13-9(11)7-5-3-4-6-8(7)10(12)14-2/h5-8H,3-4H2,1-2H3;6-7H,5H2,1-4H3;3-6H,1-2H3. The average molecular weight is 609 g/mol. The maximum absolute atomic E-state index is 11.6. The van der Waals surface area contributed by atoms with Gasteiger partial charge in [-0.2, -0.15) is 0 Å². The maximum atomic E-state index is 11.6. The van der Waals surface area contributed by atoms with E-state index in [1.54, 1.807) is 50.2 Å². The van der Waals surface area contributed by atoms with Crippen molar-refractivity contribution in [2.24, 2.45) is 0 Å². The summed E-state index contributed by atoms with van der Waals surface area (Å²) < 4.78 is 23.7. The van der Waals surface area contributed by atoms with Gasteiger partial charge in [0, 0.05) is 0 Å². The normalized spacial score (nSPS) is 9.64. The van der Waals surface area contributed by atoms with Crippen molar-refractivity contribution in [1.29, 1.82) is 0 Å². The van der Waals surface area contributed by atoms with E-state index in [-0.39, 0.29) is 41.4 Å². The van der Waals surface area contributed by atoms with Crippen LogP contribution in [0.5, 0.6) is 0 Å². The maximum Gasteiger partial charge on any atom is 0.338 e. The lowest BCUT2D eigenvalue weighted by Gasteiger charge is -2.09. The van der Waals surface area contributed by atoms with Gasteiger partial charge in [-0.25, -0.2) is 24.0 Å². The fourth-order valence-corrected chi connectivity index (χ4v) is 4.02. The van der Waals surface area contributed by atoms with Crippen molar-refractivity contribution in [3.05, 3.63) is 105 Å². The Morgan fingerprint density at radius 3 is 1.09 bits per heavy atom. The van der Waals surface area contributed by atoms with Crippen molar-refractivity contribution in [3.8, 4) is 0 Å². The SMILES string of the molecule is CCOC(=O)c1c(C)cc(C)cc1C.CCOC(=O)c1ccccc1C(=O)OCC.COC(=O)c1ccccc1C(=O)OC. The van der Waals surface area contributed by atoms with Crippen molar-refractivity contribution in [3.63, 3.8) is 0 Å². The van der Waals surface area contributed by atoms with Crippen LogP contribution >= 0.6 is 0 Å². The first-order valence-corrected chi connectivity index (χ1v) is 13.9. The third-order valence-electron chi connectivity index (χ3n) is 5.81. The number of methoxy groups -OCH3 is 2. The number of benzene rings is 3. The molecule has 0 spiro atoms. The fraction of sp³-hybridized carbons (Fsp3) is 0.324. The minimum atomic E-state index is -0.550. The molecule has 0 saturated heterocycles. The molecule has 0 saturated carbocycles. The molecule has 0 aliphatic carbocycles. The first-order valence-electron chi connectivity index (χ1n) is 13.9. The lowest BCUT2D eigenvalue weighted by Crippen LogP contribution is -2.13. The largest absolute Gasteiger partial charge is 0.465 e. The summed E-state index contributed by atoms with van der Waals surface area (Å²) >= 11 is 0. The van der Waals surface area contributed by atoms with Crippen LogP contribution in [0.15, 0.2) is 60.7 Å². The van der Waals surface area contributed by atoms with Gasteiger partial charge in [0.1, 0.15) is 0 Å². The minimum absolute atomic E-state index is 0.210. The van der Waals surface area contributed by atoms with Crippen molar-refractivity contribution < 1.29 is 47.7 Å². The Morgan fingerprint density at radius 2 is 0.795 bits per heavy atom. The molecule has 0 atom stereocenters. The molecule has 0 heterocycles. The number of esters is 5. The second-order valence-corrected chi connectivity index (χ2v) is 9.01. The van der Waals surface area contributed by atoms with Crippen LogP contribution in [0.1, 0.15) is 89.3 Å². The molecule has 0 unspecified atom stereocenters. The zero-order valence-corrected chi connectivity index (χ0v) is 26.5. The molecule has 0 aromatic heterocycles. The zero-order valence-electron chi connectivity index (χ0n) is 26.5.